The monoisotopic (exact) mass is 465 g/mol. The minimum Gasteiger partial charge on any atom is -0.395 e. The zero-order valence-corrected chi connectivity index (χ0v) is 22.7. The molecule has 0 aliphatic carbocycles. The maximum atomic E-state index is 9.31. The van der Waals surface area contributed by atoms with Crippen LogP contribution in [0.5, 0.6) is 0 Å². The van der Waals surface area contributed by atoms with Gasteiger partial charge >= 0.3 is 0 Å². The van der Waals surface area contributed by atoms with E-state index in [-0.39, 0.29) is 17.4 Å². The number of hydrogen-bond donors (Lipinski definition) is 1. The van der Waals surface area contributed by atoms with E-state index in [2.05, 4.69) is 106 Å². The van der Waals surface area contributed by atoms with Crippen molar-refractivity contribution in [2.75, 3.05) is 53.4 Å². The van der Waals surface area contributed by atoms with Crippen LogP contribution in [-0.2, 0) is 30.3 Å². The molecule has 2 aromatic carbocycles. The molecule has 0 unspecified atom stereocenters. The fraction of sp³-hybridized carbons (Fsp3) is 0.600. The fourth-order valence-electron chi connectivity index (χ4n) is 4.89. The lowest BCUT2D eigenvalue weighted by Crippen LogP contribution is -2.43. The van der Waals surface area contributed by atoms with Crippen LogP contribution >= 0.6 is 0 Å². The van der Waals surface area contributed by atoms with Gasteiger partial charge in [-0.25, -0.2) is 0 Å². The summed E-state index contributed by atoms with van der Waals surface area (Å²) in [6.45, 7) is 19.0. The number of rotatable bonds is 9. The molecule has 1 fully saturated rings. The molecule has 1 N–H and O–H groups in total. The SMILES string of the molecule is CN1CCN(Cc2ccc(C(C)(C)Cc3cc(CN(C)CCO)cc(C(C)(C)C)c3)cc2)CC1. The van der Waals surface area contributed by atoms with Gasteiger partial charge in [0, 0.05) is 45.8 Å². The Morgan fingerprint density at radius 2 is 1.44 bits per heavy atom. The summed E-state index contributed by atoms with van der Waals surface area (Å²) < 4.78 is 0. The van der Waals surface area contributed by atoms with Gasteiger partial charge in [0.25, 0.3) is 0 Å². The summed E-state index contributed by atoms with van der Waals surface area (Å²) >= 11 is 0. The minimum absolute atomic E-state index is 0.0527. The van der Waals surface area contributed by atoms with Crippen LogP contribution < -0.4 is 0 Å². The minimum atomic E-state index is 0.0527. The predicted molar refractivity (Wildman–Crippen MR) is 145 cm³/mol. The topological polar surface area (TPSA) is 30.0 Å². The average molecular weight is 466 g/mol. The number of benzene rings is 2. The number of nitrogens with zero attached hydrogens (tertiary/aromatic N) is 3. The van der Waals surface area contributed by atoms with Crippen molar-refractivity contribution in [2.45, 2.75) is 65.0 Å². The summed E-state index contributed by atoms with van der Waals surface area (Å²) in [6, 6.07) is 16.5. The van der Waals surface area contributed by atoms with E-state index in [1.165, 1.54) is 27.8 Å². The molecule has 1 aliphatic rings. The van der Waals surface area contributed by atoms with E-state index >= 15 is 0 Å². The first-order valence-electron chi connectivity index (χ1n) is 12.9. The van der Waals surface area contributed by atoms with Gasteiger partial charge in [0.1, 0.15) is 0 Å². The van der Waals surface area contributed by atoms with Gasteiger partial charge in [-0.15, -0.1) is 0 Å². The maximum Gasteiger partial charge on any atom is 0.0558 e. The van der Waals surface area contributed by atoms with Crippen LogP contribution in [0, 0.1) is 0 Å². The largest absolute Gasteiger partial charge is 0.395 e. The van der Waals surface area contributed by atoms with Crippen molar-refractivity contribution >= 4 is 0 Å². The molecule has 4 nitrogen and oxygen atoms in total. The van der Waals surface area contributed by atoms with Gasteiger partial charge in [-0.2, -0.15) is 0 Å². The van der Waals surface area contributed by atoms with Crippen molar-refractivity contribution in [3.8, 4) is 0 Å². The predicted octanol–water partition coefficient (Wildman–Crippen LogP) is 4.68. The lowest BCUT2D eigenvalue weighted by atomic mass is 9.77. The Kier molecular flexibility index (Phi) is 8.97. The highest BCUT2D eigenvalue weighted by Gasteiger charge is 2.24. The van der Waals surface area contributed by atoms with E-state index in [1.54, 1.807) is 0 Å². The van der Waals surface area contributed by atoms with Gasteiger partial charge in [0.15, 0.2) is 0 Å². The number of piperazine rings is 1. The zero-order chi connectivity index (χ0) is 24.9. The Balaban J connectivity index is 1.75. The Morgan fingerprint density at radius 1 is 0.824 bits per heavy atom. The molecule has 0 saturated carbocycles. The molecule has 1 aliphatic heterocycles. The van der Waals surface area contributed by atoms with Crippen LogP contribution in [0.2, 0.25) is 0 Å². The third-order valence-corrected chi connectivity index (χ3v) is 7.24. The highest BCUT2D eigenvalue weighted by molar-refractivity contribution is 5.37. The number of likely N-dealkylation sites (N-methyl/N-ethyl adjacent to an activating group) is 2. The maximum absolute atomic E-state index is 9.31. The van der Waals surface area contributed by atoms with Crippen molar-refractivity contribution in [2.24, 2.45) is 0 Å². The van der Waals surface area contributed by atoms with Gasteiger partial charge in [0.05, 0.1) is 6.61 Å². The molecule has 188 valence electrons. The smallest absolute Gasteiger partial charge is 0.0558 e. The van der Waals surface area contributed by atoms with Gasteiger partial charge in [-0.1, -0.05) is 77.1 Å². The average Bonchev–Trinajstić information content (AvgIpc) is 2.75. The molecule has 0 amide bonds. The van der Waals surface area contributed by atoms with E-state index in [1.807, 2.05) is 0 Å². The summed E-state index contributed by atoms with van der Waals surface area (Å²) in [6.07, 6.45) is 1.01. The van der Waals surface area contributed by atoms with E-state index < -0.39 is 0 Å². The number of aliphatic hydroxyl groups excluding tert-OH is 1. The third-order valence-electron chi connectivity index (χ3n) is 7.24. The standard InChI is InChI=1S/C30H47N3O/c1-29(2,3)28-19-25(18-26(20-28)22-32(7)16-17-34)21-30(4,5)27-10-8-24(9-11-27)23-33-14-12-31(6)13-15-33/h8-11,18-20,34H,12-17,21-23H2,1-7H3. The number of aliphatic hydroxyl groups is 1. The van der Waals surface area contributed by atoms with Crippen molar-refractivity contribution in [3.63, 3.8) is 0 Å². The van der Waals surface area contributed by atoms with Crippen molar-refractivity contribution in [1.82, 2.24) is 14.7 Å². The van der Waals surface area contributed by atoms with E-state index in [0.717, 1.165) is 45.7 Å². The normalized spacial score (nSPS) is 16.4. The van der Waals surface area contributed by atoms with E-state index in [0.29, 0.717) is 6.54 Å². The molecule has 0 spiro atoms. The molecule has 0 radical (unpaired) electrons. The van der Waals surface area contributed by atoms with Crippen molar-refractivity contribution in [3.05, 3.63) is 70.3 Å². The molecule has 0 atom stereocenters. The van der Waals surface area contributed by atoms with Crippen LogP contribution in [0.1, 0.15) is 62.4 Å². The molecule has 2 aromatic rings. The Morgan fingerprint density at radius 3 is 2.03 bits per heavy atom. The van der Waals surface area contributed by atoms with Crippen molar-refractivity contribution in [1.29, 1.82) is 0 Å². The molecular weight excluding hydrogens is 418 g/mol. The van der Waals surface area contributed by atoms with Gasteiger partial charge in [-0.05, 0) is 59.2 Å². The van der Waals surface area contributed by atoms with Gasteiger partial charge in [-0.3, -0.25) is 9.80 Å². The second-order valence-corrected chi connectivity index (χ2v) is 12.1. The quantitative estimate of drug-likeness (QED) is 0.583. The lowest BCUT2D eigenvalue weighted by Gasteiger charge is -2.32. The van der Waals surface area contributed by atoms with Gasteiger partial charge < -0.3 is 10.0 Å². The second-order valence-electron chi connectivity index (χ2n) is 12.1. The summed E-state index contributed by atoms with van der Waals surface area (Å²) in [5.41, 5.74) is 7.08. The summed E-state index contributed by atoms with van der Waals surface area (Å²) in [5.74, 6) is 0. The Bertz CT molecular complexity index is 906. The van der Waals surface area contributed by atoms with Crippen LogP contribution in [0.3, 0.4) is 0 Å². The van der Waals surface area contributed by atoms with Crippen LogP contribution in [0.25, 0.3) is 0 Å². The molecule has 0 bridgehead atoms. The molecular formula is C30H47N3O. The third kappa shape index (κ3) is 7.64. The van der Waals surface area contributed by atoms with Crippen LogP contribution in [0.4, 0.5) is 0 Å². The highest BCUT2D eigenvalue weighted by Crippen LogP contribution is 2.31. The Hall–Kier alpha value is -1.72. The number of hydrogen-bond acceptors (Lipinski definition) is 4. The zero-order valence-electron chi connectivity index (χ0n) is 22.7. The first-order valence-corrected chi connectivity index (χ1v) is 12.9. The molecule has 1 heterocycles. The molecule has 3 rings (SSSR count). The molecule has 34 heavy (non-hydrogen) atoms. The Labute approximate surface area is 208 Å². The van der Waals surface area contributed by atoms with E-state index in [9.17, 15) is 5.11 Å². The highest BCUT2D eigenvalue weighted by atomic mass is 16.3. The summed E-state index contributed by atoms with van der Waals surface area (Å²) in [5, 5.41) is 9.31. The van der Waals surface area contributed by atoms with E-state index in [4.69, 9.17) is 0 Å². The molecule has 4 heteroatoms. The fourth-order valence-corrected chi connectivity index (χ4v) is 4.89. The molecule has 0 aromatic heterocycles. The van der Waals surface area contributed by atoms with Crippen LogP contribution in [-0.4, -0.2) is 73.2 Å². The first-order chi connectivity index (χ1) is 16.0. The second kappa shape index (κ2) is 11.3. The molecule has 1 saturated heterocycles. The summed E-state index contributed by atoms with van der Waals surface area (Å²) in [7, 11) is 4.29. The van der Waals surface area contributed by atoms with Crippen molar-refractivity contribution < 1.29 is 5.11 Å². The summed E-state index contributed by atoms with van der Waals surface area (Å²) in [4.78, 5) is 7.16. The first kappa shape index (κ1) is 26.9. The van der Waals surface area contributed by atoms with Gasteiger partial charge in [0.2, 0.25) is 0 Å². The van der Waals surface area contributed by atoms with Crippen LogP contribution in [0.15, 0.2) is 42.5 Å². The lowest BCUT2D eigenvalue weighted by molar-refractivity contribution is 0.148.